The fourth-order valence-electron chi connectivity index (χ4n) is 1.34. The molecule has 0 aliphatic carbocycles. The highest BCUT2D eigenvalue weighted by Crippen LogP contribution is 2.08. The molecule has 0 aliphatic heterocycles. The maximum absolute atomic E-state index is 11.1. The zero-order valence-electron chi connectivity index (χ0n) is 8.93. The molecule has 1 rings (SSSR count). The van der Waals surface area contributed by atoms with E-state index in [1.165, 1.54) is 0 Å². The van der Waals surface area contributed by atoms with Gasteiger partial charge in [-0.3, -0.25) is 4.79 Å². The molecule has 0 radical (unpaired) electrons. The lowest BCUT2D eigenvalue weighted by atomic mass is 10.0. The fraction of sp³-hybridized carbons (Fsp3) is 0.250. The average molecular weight is 242 g/mol. The van der Waals surface area contributed by atoms with Crippen molar-refractivity contribution in [1.82, 2.24) is 0 Å². The summed E-state index contributed by atoms with van der Waals surface area (Å²) in [5.41, 5.74) is 7.38. The largest absolute Gasteiger partial charge is 0.385 e. The summed E-state index contributed by atoms with van der Waals surface area (Å²) in [5.74, 6) is -0.354. The van der Waals surface area contributed by atoms with Crippen molar-refractivity contribution in [2.45, 2.75) is 19.1 Å². The van der Waals surface area contributed by atoms with Gasteiger partial charge >= 0.3 is 0 Å². The van der Waals surface area contributed by atoms with Crippen LogP contribution in [0.25, 0.3) is 0 Å². The standard InChI is InChI=1S/C12H15NO2.ClH/c1-2-11(14)12(15)7-9-4-3-5-10(6-9)8-13;/h2-6,12,15H,1,7-8,13H2;1H. The topological polar surface area (TPSA) is 63.3 Å². The first-order valence-corrected chi connectivity index (χ1v) is 4.79. The van der Waals surface area contributed by atoms with Crippen LogP contribution in [0.1, 0.15) is 11.1 Å². The van der Waals surface area contributed by atoms with Crippen LogP contribution in [0.3, 0.4) is 0 Å². The highest BCUT2D eigenvalue weighted by Gasteiger charge is 2.11. The molecule has 0 heterocycles. The van der Waals surface area contributed by atoms with E-state index in [9.17, 15) is 9.90 Å². The summed E-state index contributed by atoms with van der Waals surface area (Å²) in [6.07, 6.45) is 0.436. The molecule has 0 spiro atoms. The summed E-state index contributed by atoms with van der Waals surface area (Å²) in [6, 6.07) is 7.52. The Hall–Kier alpha value is -1.16. The van der Waals surface area contributed by atoms with Crippen LogP contribution < -0.4 is 5.73 Å². The van der Waals surface area contributed by atoms with Crippen molar-refractivity contribution < 1.29 is 9.90 Å². The van der Waals surface area contributed by atoms with E-state index in [4.69, 9.17) is 5.73 Å². The second-order valence-corrected chi connectivity index (χ2v) is 3.35. The van der Waals surface area contributed by atoms with Gasteiger partial charge in [-0.05, 0) is 17.2 Å². The van der Waals surface area contributed by atoms with Crippen LogP contribution in [0, 0.1) is 0 Å². The lowest BCUT2D eigenvalue weighted by Gasteiger charge is -2.07. The SMILES string of the molecule is C=CC(=O)C(O)Cc1cccc(CN)c1.Cl. The molecule has 0 bridgehead atoms. The van der Waals surface area contributed by atoms with Crippen LogP contribution in [0.15, 0.2) is 36.9 Å². The maximum atomic E-state index is 11.1. The molecule has 1 aromatic rings. The minimum Gasteiger partial charge on any atom is -0.385 e. The van der Waals surface area contributed by atoms with E-state index in [0.717, 1.165) is 17.2 Å². The van der Waals surface area contributed by atoms with Gasteiger partial charge < -0.3 is 10.8 Å². The Balaban J connectivity index is 0.00000225. The number of aliphatic hydroxyl groups excluding tert-OH is 1. The zero-order valence-corrected chi connectivity index (χ0v) is 9.74. The first-order chi connectivity index (χ1) is 7.17. The number of carbonyl (C=O) groups is 1. The molecule has 16 heavy (non-hydrogen) atoms. The molecule has 0 aromatic heterocycles. The third kappa shape index (κ3) is 4.14. The summed E-state index contributed by atoms with van der Waals surface area (Å²) in [4.78, 5) is 11.1. The Bertz CT molecular complexity index is 366. The smallest absolute Gasteiger partial charge is 0.183 e. The van der Waals surface area contributed by atoms with Crippen molar-refractivity contribution in [3.63, 3.8) is 0 Å². The van der Waals surface area contributed by atoms with Crippen LogP contribution >= 0.6 is 12.4 Å². The van der Waals surface area contributed by atoms with E-state index in [1.807, 2.05) is 24.3 Å². The lowest BCUT2D eigenvalue weighted by Crippen LogP contribution is -2.20. The third-order valence-electron chi connectivity index (χ3n) is 2.19. The van der Waals surface area contributed by atoms with Gasteiger partial charge in [0.2, 0.25) is 0 Å². The number of hydrogen-bond acceptors (Lipinski definition) is 3. The molecule has 0 aliphatic rings. The zero-order chi connectivity index (χ0) is 11.3. The minimum absolute atomic E-state index is 0. The van der Waals surface area contributed by atoms with Crippen molar-refractivity contribution >= 4 is 18.2 Å². The Morgan fingerprint density at radius 1 is 1.50 bits per heavy atom. The van der Waals surface area contributed by atoms with Gasteiger partial charge in [0.25, 0.3) is 0 Å². The van der Waals surface area contributed by atoms with E-state index in [1.54, 1.807) is 0 Å². The summed E-state index contributed by atoms with van der Waals surface area (Å²) < 4.78 is 0. The van der Waals surface area contributed by atoms with Gasteiger partial charge in [0.1, 0.15) is 6.10 Å². The Morgan fingerprint density at radius 3 is 2.69 bits per heavy atom. The van der Waals surface area contributed by atoms with Gasteiger partial charge in [0.15, 0.2) is 5.78 Å². The Labute approximate surface area is 101 Å². The van der Waals surface area contributed by atoms with E-state index < -0.39 is 6.10 Å². The van der Waals surface area contributed by atoms with E-state index >= 15 is 0 Å². The van der Waals surface area contributed by atoms with Crippen LogP contribution in [0.5, 0.6) is 0 Å². The van der Waals surface area contributed by atoms with Crippen LogP contribution in [0.4, 0.5) is 0 Å². The molecule has 4 heteroatoms. The van der Waals surface area contributed by atoms with Crippen molar-refractivity contribution in [2.24, 2.45) is 5.73 Å². The summed E-state index contributed by atoms with van der Waals surface area (Å²) in [5, 5.41) is 9.48. The van der Waals surface area contributed by atoms with Crippen LogP contribution in [-0.4, -0.2) is 17.0 Å². The van der Waals surface area contributed by atoms with E-state index in [2.05, 4.69) is 6.58 Å². The lowest BCUT2D eigenvalue weighted by molar-refractivity contribution is -0.122. The van der Waals surface area contributed by atoms with Gasteiger partial charge in [-0.25, -0.2) is 0 Å². The molecule has 3 N–H and O–H groups in total. The quantitative estimate of drug-likeness (QED) is 0.762. The number of nitrogens with two attached hydrogens (primary N) is 1. The predicted molar refractivity (Wildman–Crippen MR) is 66.5 cm³/mol. The molecular weight excluding hydrogens is 226 g/mol. The van der Waals surface area contributed by atoms with Gasteiger partial charge in [-0.1, -0.05) is 30.8 Å². The van der Waals surface area contributed by atoms with E-state index in [-0.39, 0.29) is 18.2 Å². The molecule has 0 amide bonds. The molecule has 1 unspecified atom stereocenters. The molecule has 88 valence electrons. The molecule has 0 fully saturated rings. The Kier molecular flexibility index (Phi) is 6.65. The second kappa shape index (κ2) is 7.17. The predicted octanol–water partition coefficient (Wildman–Crippen LogP) is 1.23. The molecular formula is C12H16ClNO2. The molecule has 3 nitrogen and oxygen atoms in total. The van der Waals surface area contributed by atoms with Crippen molar-refractivity contribution in [3.8, 4) is 0 Å². The monoisotopic (exact) mass is 241 g/mol. The number of carbonyl (C=O) groups excluding carboxylic acids is 1. The van der Waals surface area contributed by atoms with Crippen molar-refractivity contribution in [1.29, 1.82) is 0 Å². The molecule has 1 atom stereocenters. The normalized spacial score (nSPS) is 11.4. The molecule has 0 saturated heterocycles. The highest BCUT2D eigenvalue weighted by atomic mass is 35.5. The van der Waals surface area contributed by atoms with Crippen molar-refractivity contribution in [3.05, 3.63) is 48.0 Å². The molecule has 0 saturated carbocycles. The number of rotatable bonds is 5. The fourth-order valence-corrected chi connectivity index (χ4v) is 1.34. The summed E-state index contributed by atoms with van der Waals surface area (Å²) >= 11 is 0. The van der Waals surface area contributed by atoms with Gasteiger partial charge in [-0.15, -0.1) is 12.4 Å². The van der Waals surface area contributed by atoms with Gasteiger partial charge in [0, 0.05) is 13.0 Å². The number of ketones is 1. The second-order valence-electron chi connectivity index (χ2n) is 3.35. The van der Waals surface area contributed by atoms with Crippen LogP contribution in [0.2, 0.25) is 0 Å². The number of aliphatic hydroxyl groups is 1. The number of halogens is 1. The number of hydrogen-bond donors (Lipinski definition) is 2. The Morgan fingerprint density at radius 2 is 2.12 bits per heavy atom. The van der Waals surface area contributed by atoms with Crippen LogP contribution in [-0.2, 0) is 17.8 Å². The summed E-state index contributed by atoms with van der Waals surface area (Å²) in [7, 11) is 0. The first kappa shape index (κ1) is 14.8. The molecule has 1 aromatic carbocycles. The maximum Gasteiger partial charge on any atom is 0.183 e. The summed E-state index contributed by atoms with van der Waals surface area (Å²) in [6.45, 7) is 3.79. The average Bonchev–Trinajstić information content (AvgIpc) is 2.28. The van der Waals surface area contributed by atoms with Gasteiger partial charge in [0.05, 0.1) is 0 Å². The van der Waals surface area contributed by atoms with Gasteiger partial charge in [-0.2, -0.15) is 0 Å². The van der Waals surface area contributed by atoms with E-state index in [0.29, 0.717) is 13.0 Å². The highest BCUT2D eigenvalue weighted by molar-refractivity contribution is 5.92. The first-order valence-electron chi connectivity index (χ1n) is 4.79. The third-order valence-corrected chi connectivity index (χ3v) is 2.19. The number of benzene rings is 1. The van der Waals surface area contributed by atoms with Crippen molar-refractivity contribution in [2.75, 3.05) is 0 Å². The minimum atomic E-state index is -1.00.